The molecule has 82 valence electrons. The largest absolute Gasteiger partial charge is 0.369 e. The molecule has 0 saturated heterocycles. The lowest BCUT2D eigenvalue weighted by molar-refractivity contribution is -0.122. The Kier molecular flexibility index (Phi) is 4.35. The van der Waals surface area contributed by atoms with Crippen LogP contribution in [0.5, 0.6) is 0 Å². The molecule has 0 aromatic heterocycles. The molecule has 15 heavy (non-hydrogen) atoms. The molecule has 2 unspecified atom stereocenters. The van der Waals surface area contributed by atoms with Crippen LogP contribution >= 0.6 is 0 Å². The van der Waals surface area contributed by atoms with E-state index >= 15 is 0 Å². The first-order valence-electron chi connectivity index (χ1n) is 5.54. The van der Waals surface area contributed by atoms with E-state index in [9.17, 15) is 4.79 Å². The second kappa shape index (κ2) is 5.54. The van der Waals surface area contributed by atoms with Crippen LogP contribution in [0.4, 0.5) is 0 Å². The summed E-state index contributed by atoms with van der Waals surface area (Å²) in [6.07, 6.45) is 1.76. The molecule has 0 saturated carbocycles. The third-order valence-corrected chi connectivity index (χ3v) is 2.96. The average molecular weight is 205 g/mol. The minimum Gasteiger partial charge on any atom is -0.369 e. The van der Waals surface area contributed by atoms with Crippen molar-refractivity contribution in [1.29, 1.82) is 0 Å². The molecular formula is C13H19NO. The number of amides is 1. The van der Waals surface area contributed by atoms with Gasteiger partial charge in [0.25, 0.3) is 0 Å². The summed E-state index contributed by atoms with van der Waals surface area (Å²) in [5.41, 5.74) is 6.64. The summed E-state index contributed by atoms with van der Waals surface area (Å²) in [5, 5.41) is 0. The number of hydrogen-bond donors (Lipinski definition) is 1. The Morgan fingerprint density at radius 2 is 1.80 bits per heavy atom. The number of nitrogens with two attached hydrogens (primary N) is 1. The van der Waals surface area contributed by atoms with Crippen molar-refractivity contribution in [3.05, 3.63) is 35.9 Å². The Labute approximate surface area is 91.5 Å². The highest BCUT2D eigenvalue weighted by Crippen LogP contribution is 2.29. The number of hydrogen-bond acceptors (Lipinski definition) is 1. The molecule has 2 heteroatoms. The molecule has 0 fully saturated rings. The van der Waals surface area contributed by atoms with Gasteiger partial charge < -0.3 is 5.73 Å². The van der Waals surface area contributed by atoms with Crippen LogP contribution in [-0.4, -0.2) is 5.91 Å². The molecule has 1 aromatic carbocycles. The molecule has 0 heterocycles. The first-order valence-corrected chi connectivity index (χ1v) is 5.54. The maximum atomic E-state index is 11.3. The second-order valence-electron chi connectivity index (χ2n) is 3.84. The van der Waals surface area contributed by atoms with Gasteiger partial charge in [-0.3, -0.25) is 4.79 Å². The molecule has 0 aliphatic rings. The predicted molar refractivity (Wildman–Crippen MR) is 62.4 cm³/mol. The number of primary amides is 1. The fraction of sp³-hybridized carbons (Fsp3) is 0.462. The van der Waals surface area contributed by atoms with E-state index in [2.05, 4.69) is 19.1 Å². The van der Waals surface area contributed by atoms with Crippen molar-refractivity contribution in [1.82, 2.24) is 0 Å². The average Bonchev–Trinajstić information content (AvgIpc) is 2.26. The van der Waals surface area contributed by atoms with Crippen LogP contribution in [0.15, 0.2) is 30.3 Å². The number of benzene rings is 1. The smallest absolute Gasteiger partial charge is 0.221 e. The maximum absolute atomic E-state index is 11.3. The van der Waals surface area contributed by atoms with Crippen LogP contribution in [0.3, 0.4) is 0 Å². The highest BCUT2D eigenvalue weighted by molar-refractivity contribution is 5.77. The second-order valence-corrected chi connectivity index (χ2v) is 3.84. The Hall–Kier alpha value is -1.31. The van der Waals surface area contributed by atoms with Gasteiger partial charge in [0.2, 0.25) is 5.91 Å². The summed E-state index contributed by atoms with van der Waals surface area (Å²) in [6.45, 7) is 4.12. The van der Waals surface area contributed by atoms with E-state index in [0.717, 1.165) is 12.8 Å². The van der Waals surface area contributed by atoms with Crippen LogP contribution < -0.4 is 5.73 Å². The lowest BCUT2D eigenvalue weighted by Crippen LogP contribution is -2.28. The molecule has 0 aliphatic heterocycles. The van der Waals surface area contributed by atoms with Crippen molar-refractivity contribution >= 4 is 5.91 Å². The molecule has 2 nitrogen and oxygen atoms in total. The Morgan fingerprint density at radius 3 is 2.20 bits per heavy atom. The van der Waals surface area contributed by atoms with Crippen molar-refractivity contribution in [3.63, 3.8) is 0 Å². The standard InChI is InChI=1S/C13H19NO/c1-3-11(12(4-2)13(14)15)10-8-6-5-7-9-10/h5-9,11-12H,3-4H2,1-2H3,(H2,14,15). The molecule has 0 spiro atoms. The lowest BCUT2D eigenvalue weighted by atomic mass is 9.82. The van der Waals surface area contributed by atoms with E-state index in [-0.39, 0.29) is 17.7 Å². The molecule has 1 rings (SSSR count). The van der Waals surface area contributed by atoms with E-state index in [4.69, 9.17) is 5.73 Å². The molecular weight excluding hydrogens is 186 g/mol. The Balaban J connectivity index is 2.92. The van der Waals surface area contributed by atoms with E-state index in [0.29, 0.717) is 0 Å². The molecule has 2 N–H and O–H groups in total. The van der Waals surface area contributed by atoms with Gasteiger partial charge in [-0.2, -0.15) is 0 Å². The minimum absolute atomic E-state index is 0.0441. The number of carbonyl (C=O) groups excluding carboxylic acids is 1. The highest BCUT2D eigenvalue weighted by atomic mass is 16.1. The van der Waals surface area contributed by atoms with Crippen molar-refractivity contribution < 1.29 is 4.79 Å². The fourth-order valence-electron chi connectivity index (χ4n) is 2.14. The summed E-state index contributed by atoms with van der Waals surface area (Å²) in [6, 6.07) is 10.1. The van der Waals surface area contributed by atoms with Gasteiger partial charge in [-0.05, 0) is 24.3 Å². The van der Waals surface area contributed by atoms with E-state index < -0.39 is 0 Å². The lowest BCUT2D eigenvalue weighted by Gasteiger charge is -2.22. The molecule has 1 amide bonds. The van der Waals surface area contributed by atoms with Crippen molar-refractivity contribution in [2.24, 2.45) is 11.7 Å². The quantitative estimate of drug-likeness (QED) is 0.789. The fourth-order valence-corrected chi connectivity index (χ4v) is 2.14. The van der Waals surface area contributed by atoms with Crippen LogP contribution in [0.25, 0.3) is 0 Å². The van der Waals surface area contributed by atoms with Gasteiger partial charge >= 0.3 is 0 Å². The topological polar surface area (TPSA) is 43.1 Å². The van der Waals surface area contributed by atoms with Gasteiger partial charge in [-0.15, -0.1) is 0 Å². The number of carbonyl (C=O) groups is 1. The van der Waals surface area contributed by atoms with Crippen LogP contribution in [0.2, 0.25) is 0 Å². The third kappa shape index (κ3) is 2.82. The highest BCUT2D eigenvalue weighted by Gasteiger charge is 2.24. The zero-order valence-corrected chi connectivity index (χ0v) is 9.44. The Bertz CT molecular complexity index is 308. The maximum Gasteiger partial charge on any atom is 0.221 e. The summed E-state index contributed by atoms with van der Waals surface area (Å²) < 4.78 is 0. The van der Waals surface area contributed by atoms with Gasteiger partial charge in [-0.1, -0.05) is 44.2 Å². The molecule has 2 atom stereocenters. The van der Waals surface area contributed by atoms with Gasteiger partial charge in [-0.25, -0.2) is 0 Å². The van der Waals surface area contributed by atoms with Crippen molar-refractivity contribution in [2.75, 3.05) is 0 Å². The monoisotopic (exact) mass is 205 g/mol. The predicted octanol–water partition coefficient (Wildman–Crippen LogP) is 2.69. The molecule has 0 radical (unpaired) electrons. The first kappa shape index (κ1) is 11.8. The van der Waals surface area contributed by atoms with Crippen LogP contribution in [0, 0.1) is 5.92 Å². The Morgan fingerprint density at radius 1 is 1.20 bits per heavy atom. The summed E-state index contributed by atoms with van der Waals surface area (Å²) in [5.74, 6) is 0.0271. The first-order chi connectivity index (χ1) is 7.20. The van der Waals surface area contributed by atoms with Gasteiger partial charge in [0, 0.05) is 5.92 Å². The molecule has 1 aromatic rings. The van der Waals surface area contributed by atoms with E-state index in [1.165, 1.54) is 5.56 Å². The van der Waals surface area contributed by atoms with E-state index in [1.807, 2.05) is 25.1 Å². The zero-order valence-electron chi connectivity index (χ0n) is 9.44. The van der Waals surface area contributed by atoms with Gasteiger partial charge in [0.05, 0.1) is 0 Å². The van der Waals surface area contributed by atoms with Crippen molar-refractivity contribution in [2.45, 2.75) is 32.6 Å². The van der Waals surface area contributed by atoms with E-state index in [1.54, 1.807) is 0 Å². The number of rotatable bonds is 5. The van der Waals surface area contributed by atoms with Gasteiger partial charge in [0.15, 0.2) is 0 Å². The zero-order chi connectivity index (χ0) is 11.3. The molecule has 0 bridgehead atoms. The third-order valence-electron chi connectivity index (χ3n) is 2.96. The van der Waals surface area contributed by atoms with Crippen LogP contribution in [-0.2, 0) is 4.79 Å². The summed E-state index contributed by atoms with van der Waals surface area (Å²) in [7, 11) is 0. The SMILES string of the molecule is CCC(C(N)=O)C(CC)c1ccccc1. The minimum atomic E-state index is -0.187. The van der Waals surface area contributed by atoms with Crippen LogP contribution in [0.1, 0.15) is 38.2 Å². The van der Waals surface area contributed by atoms with Crippen molar-refractivity contribution in [3.8, 4) is 0 Å². The van der Waals surface area contributed by atoms with Gasteiger partial charge in [0.1, 0.15) is 0 Å². The molecule has 0 aliphatic carbocycles. The summed E-state index contributed by atoms with van der Waals surface area (Å²) in [4.78, 5) is 11.3. The normalized spacial score (nSPS) is 14.5. The summed E-state index contributed by atoms with van der Waals surface area (Å²) >= 11 is 0.